The van der Waals surface area contributed by atoms with Gasteiger partial charge in [-0.1, -0.05) is 18.2 Å². The van der Waals surface area contributed by atoms with Crippen molar-refractivity contribution < 1.29 is 29.3 Å². The Bertz CT molecular complexity index is 1320. The molecule has 4 N–H and O–H groups in total. The molecule has 0 aliphatic carbocycles. The first-order valence-corrected chi connectivity index (χ1v) is 10.7. The van der Waals surface area contributed by atoms with Crippen molar-refractivity contribution in [1.29, 1.82) is 0 Å². The number of methoxy groups -OCH3 is 2. The fraction of sp³-hybridized carbons (Fsp3) is 0.240. The zero-order chi connectivity index (χ0) is 25.7. The SMILES string of the molecule is COc1ccc(OC)c(-c2cccc(C(CC(=O)O)NC(=O)Nc3c(O)c(C)cn(C)c3=O)c2)c1. The maximum atomic E-state index is 12.7. The van der Waals surface area contributed by atoms with E-state index in [1.165, 1.54) is 17.8 Å². The Morgan fingerprint density at radius 3 is 2.51 bits per heavy atom. The van der Waals surface area contributed by atoms with Crippen molar-refractivity contribution in [2.75, 3.05) is 19.5 Å². The first-order chi connectivity index (χ1) is 16.6. The molecule has 0 spiro atoms. The van der Waals surface area contributed by atoms with Crippen molar-refractivity contribution in [2.45, 2.75) is 19.4 Å². The van der Waals surface area contributed by atoms with Crippen LogP contribution in [0.25, 0.3) is 11.1 Å². The molecule has 2 aromatic carbocycles. The highest BCUT2D eigenvalue weighted by Crippen LogP contribution is 2.35. The molecule has 184 valence electrons. The van der Waals surface area contributed by atoms with Gasteiger partial charge in [0.05, 0.1) is 26.7 Å². The first-order valence-electron chi connectivity index (χ1n) is 10.7. The fourth-order valence-corrected chi connectivity index (χ4v) is 3.70. The third-order valence-electron chi connectivity index (χ3n) is 5.46. The lowest BCUT2D eigenvalue weighted by molar-refractivity contribution is -0.137. The zero-order valence-electron chi connectivity index (χ0n) is 19.8. The second-order valence-electron chi connectivity index (χ2n) is 7.89. The van der Waals surface area contributed by atoms with E-state index < -0.39 is 30.0 Å². The summed E-state index contributed by atoms with van der Waals surface area (Å²) in [5.74, 6) is -0.279. The van der Waals surface area contributed by atoms with E-state index >= 15 is 0 Å². The molecule has 2 amide bonds. The molecule has 1 unspecified atom stereocenters. The molecule has 1 aromatic heterocycles. The Hall–Kier alpha value is -4.47. The molecule has 3 aromatic rings. The molecule has 0 saturated carbocycles. The number of pyridine rings is 1. The van der Waals surface area contributed by atoms with Gasteiger partial charge in [0, 0.05) is 24.4 Å². The molecule has 3 rings (SSSR count). The molecule has 10 nitrogen and oxygen atoms in total. The third kappa shape index (κ3) is 5.72. The molecule has 0 aliphatic rings. The van der Waals surface area contributed by atoms with Gasteiger partial charge < -0.3 is 34.9 Å². The highest BCUT2D eigenvalue weighted by molar-refractivity contribution is 5.91. The van der Waals surface area contributed by atoms with Crippen molar-refractivity contribution in [3.05, 3.63) is 70.1 Å². The average molecular weight is 482 g/mol. The van der Waals surface area contributed by atoms with E-state index in [4.69, 9.17) is 9.47 Å². The number of carboxylic acids is 1. The van der Waals surface area contributed by atoms with Gasteiger partial charge in [-0.3, -0.25) is 9.59 Å². The van der Waals surface area contributed by atoms with Gasteiger partial charge in [-0.25, -0.2) is 4.79 Å². The lowest BCUT2D eigenvalue weighted by Gasteiger charge is -2.20. The predicted octanol–water partition coefficient (Wildman–Crippen LogP) is 3.42. The van der Waals surface area contributed by atoms with E-state index in [2.05, 4.69) is 10.6 Å². The number of hydrogen-bond acceptors (Lipinski definition) is 6. The lowest BCUT2D eigenvalue weighted by atomic mass is 9.97. The second kappa shape index (κ2) is 10.6. The fourth-order valence-electron chi connectivity index (χ4n) is 3.70. The molecule has 1 heterocycles. The minimum Gasteiger partial charge on any atom is -0.505 e. The van der Waals surface area contributed by atoms with Gasteiger partial charge in [-0.05, 0) is 42.3 Å². The average Bonchev–Trinajstić information content (AvgIpc) is 2.84. The molecule has 35 heavy (non-hydrogen) atoms. The third-order valence-corrected chi connectivity index (χ3v) is 5.46. The second-order valence-corrected chi connectivity index (χ2v) is 7.89. The minimum atomic E-state index is -1.13. The Morgan fingerprint density at radius 1 is 1.11 bits per heavy atom. The van der Waals surface area contributed by atoms with E-state index in [0.29, 0.717) is 22.6 Å². The molecular formula is C25H27N3O7. The number of benzene rings is 2. The van der Waals surface area contributed by atoms with E-state index in [1.807, 2.05) is 6.07 Å². The molecule has 0 radical (unpaired) electrons. The number of carbonyl (C=O) groups excluding carboxylic acids is 1. The number of aromatic nitrogens is 1. The van der Waals surface area contributed by atoms with Crippen LogP contribution < -0.4 is 25.7 Å². The number of carboxylic acid groups (broad SMARTS) is 1. The van der Waals surface area contributed by atoms with E-state index in [0.717, 1.165) is 11.1 Å². The maximum Gasteiger partial charge on any atom is 0.319 e. The van der Waals surface area contributed by atoms with E-state index in [9.17, 15) is 24.6 Å². The number of aryl methyl sites for hydroxylation is 2. The molecule has 0 bridgehead atoms. The molecule has 0 fully saturated rings. The van der Waals surface area contributed by atoms with Gasteiger partial charge in [0.15, 0.2) is 5.69 Å². The number of anilines is 1. The Balaban J connectivity index is 1.94. The Labute approximate surface area is 201 Å². The molecule has 1 atom stereocenters. The summed E-state index contributed by atoms with van der Waals surface area (Å²) in [5, 5.41) is 24.6. The number of amides is 2. The molecular weight excluding hydrogens is 454 g/mol. The Kier molecular flexibility index (Phi) is 7.65. The number of ether oxygens (including phenoxy) is 2. The predicted molar refractivity (Wildman–Crippen MR) is 130 cm³/mol. The number of aliphatic carboxylic acids is 1. The van der Waals surface area contributed by atoms with Crippen LogP contribution in [-0.2, 0) is 11.8 Å². The highest BCUT2D eigenvalue weighted by Gasteiger charge is 2.21. The summed E-state index contributed by atoms with van der Waals surface area (Å²) < 4.78 is 12.0. The monoisotopic (exact) mass is 481 g/mol. The van der Waals surface area contributed by atoms with Crippen LogP contribution in [0.3, 0.4) is 0 Å². The van der Waals surface area contributed by atoms with Crippen LogP contribution in [0.2, 0.25) is 0 Å². The topological polar surface area (TPSA) is 139 Å². The number of nitrogens with one attached hydrogen (secondary N) is 2. The summed E-state index contributed by atoms with van der Waals surface area (Å²) in [4.78, 5) is 36.7. The number of aromatic hydroxyl groups is 1. The highest BCUT2D eigenvalue weighted by atomic mass is 16.5. The van der Waals surface area contributed by atoms with Crippen LogP contribution in [0.15, 0.2) is 53.5 Å². The Morgan fingerprint density at radius 2 is 1.86 bits per heavy atom. The first kappa shape index (κ1) is 25.2. The maximum absolute atomic E-state index is 12.7. The summed E-state index contributed by atoms with van der Waals surface area (Å²) in [6, 6.07) is 10.5. The summed E-state index contributed by atoms with van der Waals surface area (Å²) in [7, 11) is 4.58. The van der Waals surface area contributed by atoms with Crippen molar-refractivity contribution in [2.24, 2.45) is 7.05 Å². The van der Waals surface area contributed by atoms with E-state index in [-0.39, 0.29) is 11.4 Å². The van der Waals surface area contributed by atoms with Crippen molar-refractivity contribution in [3.63, 3.8) is 0 Å². The largest absolute Gasteiger partial charge is 0.505 e. The summed E-state index contributed by atoms with van der Waals surface area (Å²) in [6.07, 6.45) is 1.02. The number of carbonyl (C=O) groups is 2. The molecule has 0 saturated heterocycles. The number of hydrogen-bond donors (Lipinski definition) is 4. The quantitative estimate of drug-likeness (QED) is 0.387. The van der Waals surface area contributed by atoms with Crippen molar-refractivity contribution in [1.82, 2.24) is 9.88 Å². The van der Waals surface area contributed by atoms with Gasteiger partial charge in [0.1, 0.15) is 17.2 Å². The van der Waals surface area contributed by atoms with Gasteiger partial charge >= 0.3 is 12.0 Å². The number of urea groups is 1. The summed E-state index contributed by atoms with van der Waals surface area (Å²) in [6.45, 7) is 1.59. The van der Waals surface area contributed by atoms with Gasteiger partial charge in [0.25, 0.3) is 5.56 Å². The van der Waals surface area contributed by atoms with Crippen molar-refractivity contribution in [3.8, 4) is 28.4 Å². The zero-order valence-corrected chi connectivity index (χ0v) is 19.8. The van der Waals surface area contributed by atoms with Crippen LogP contribution >= 0.6 is 0 Å². The van der Waals surface area contributed by atoms with Crippen LogP contribution in [0.1, 0.15) is 23.6 Å². The van der Waals surface area contributed by atoms with Crippen molar-refractivity contribution >= 4 is 17.7 Å². The summed E-state index contributed by atoms with van der Waals surface area (Å²) in [5.41, 5.74) is 1.45. The number of rotatable bonds is 8. The molecule has 0 aliphatic heterocycles. The van der Waals surface area contributed by atoms with Crippen LogP contribution in [0.4, 0.5) is 10.5 Å². The van der Waals surface area contributed by atoms with Crippen LogP contribution in [-0.4, -0.2) is 41.0 Å². The molecule has 10 heteroatoms. The van der Waals surface area contributed by atoms with Gasteiger partial charge in [-0.2, -0.15) is 0 Å². The van der Waals surface area contributed by atoms with E-state index in [1.54, 1.807) is 57.5 Å². The minimum absolute atomic E-state index is 0.297. The lowest BCUT2D eigenvalue weighted by Crippen LogP contribution is -2.36. The van der Waals surface area contributed by atoms with Gasteiger partial charge in [0.2, 0.25) is 0 Å². The normalized spacial score (nSPS) is 11.4. The smallest absolute Gasteiger partial charge is 0.319 e. The van der Waals surface area contributed by atoms with Gasteiger partial charge in [-0.15, -0.1) is 0 Å². The van der Waals surface area contributed by atoms with Crippen LogP contribution in [0, 0.1) is 6.92 Å². The van der Waals surface area contributed by atoms with Crippen LogP contribution in [0.5, 0.6) is 17.2 Å². The number of nitrogens with zero attached hydrogens (tertiary/aromatic N) is 1. The standard InChI is InChI=1S/C25H27N3O7/c1-14-13-28(2)24(32)22(23(14)31)27-25(33)26-19(12-21(29)30)16-7-5-6-15(10-16)18-11-17(34-3)8-9-20(18)35-4/h5-11,13,19,31H,12H2,1-4H3,(H,29,30)(H2,26,27,33). The summed E-state index contributed by atoms with van der Waals surface area (Å²) >= 11 is 0.